The van der Waals surface area contributed by atoms with E-state index in [2.05, 4.69) is 5.32 Å². The first kappa shape index (κ1) is 17.3. The van der Waals surface area contributed by atoms with Crippen molar-refractivity contribution in [2.75, 3.05) is 6.61 Å². The molecule has 1 fully saturated rings. The summed E-state index contributed by atoms with van der Waals surface area (Å²) in [6, 6.07) is -1.13. The van der Waals surface area contributed by atoms with Crippen molar-refractivity contribution in [2.45, 2.75) is 51.4 Å². The lowest BCUT2D eigenvalue weighted by atomic mass is 9.96. The molecule has 0 radical (unpaired) electrons. The van der Waals surface area contributed by atoms with Crippen molar-refractivity contribution >= 4 is 17.8 Å². The van der Waals surface area contributed by atoms with E-state index in [0.717, 1.165) is 6.92 Å². The van der Waals surface area contributed by atoms with Gasteiger partial charge in [-0.05, 0) is 0 Å². The lowest BCUT2D eigenvalue weighted by molar-refractivity contribution is -0.259. The van der Waals surface area contributed by atoms with Crippen molar-refractivity contribution in [3.63, 3.8) is 0 Å². The maximum atomic E-state index is 11.1. The lowest BCUT2D eigenvalue weighted by Crippen LogP contribution is -2.65. The monoisotopic (exact) mass is 305 g/mol. The molecular weight excluding hydrogens is 286 g/mol. The normalized spacial score (nSPS) is 32.1. The Hall–Kier alpha value is -1.71. The van der Waals surface area contributed by atoms with Crippen LogP contribution in [0.2, 0.25) is 0 Å². The van der Waals surface area contributed by atoms with Crippen LogP contribution in [0.1, 0.15) is 20.8 Å². The minimum Gasteiger partial charge on any atom is -0.463 e. The van der Waals surface area contributed by atoms with Gasteiger partial charge in [-0.2, -0.15) is 0 Å². The van der Waals surface area contributed by atoms with E-state index < -0.39 is 48.5 Å². The SMILES string of the molecule is CC(=O)N[C@@H]1[C@@H](OC(C)=O)[C@H](O)[C@H](COC(C)=O)O[C@H]1O. The lowest BCUT2D eigenvalue weighted by Gasteiger charge is -2.42. The van der Waals surface area contributed by atoms with Crippen molar-refractivity contribution in [2.24, 2.45) is 0 Å². The smallest absolute Gasteiger partial charge is 0.303 e. The van der Waals surface area contributed by atoms with E-state index in [-0.39, 0.29) is 6.61 Å². The third-order valence-corrected chi connectivity index (χ3v) is 2.82. The molecule has 0 aromatic carbocycles. The summed E-state index contributed by atoms with van der Waals surface area (Å²) in [5, 5.41) is 22.4. The Balaban J connectivity index is 2.87. The van der Waals surface area contributed by atoms with Gasteiger partial charge in [0.05, 0.1) is 0 Å². The molecule has 0 spiro atoms. The highest BCUT2D eigenvalue weighted by Crippen LogP contribution is 2.23. The van der Waals surface area contributed by atoms with Gasteiger partial charge in [-0.15, -0.1) is 0 Å². The van der Waals surface area contributed by atoms with Crippen LogP contribution < -0.4 is 5.32 Å². The highest BCUT2D eigenvalue weighted by atomic mass is 16.6. The van der Waals surface area contributed by atoms with Gasteiger partial charge in [0.2, 0.25) is 5.91 Å². The number of aliphatic hydroxyl groups excluding tert-OH is 2. The molecule has 9 nitrogen and oxygen atoms in total. The van der Waals surface area contributed by atoms with Gasteiger partial charge in [-0.25, -0.2) is 0 Å². The molecule has 0 aromatic rings. The average molecular weight is 305 g/mol. The molecular formula is C12H19NO8. The molecule has 9 heteroatoms. The highest BCUT2D eigenvalue weighted by molar-refractivity contribution is 5.73. The summed E-state index contributed by atoms with van der Waals surface area (Å²) in [5.41, 5.74) is 0. The predicted octanol–water partition coefficient (Wildman–Crippen LogP) is -1.94. The first-order chi connectivity index (χ1) is 9.72. The van der Waals surface area contributed by atoms with Crippen LogP contribution in [-0.2, 0) is 28.6 Å². The molecule has 1 amide bonds. The third kappa shape index (κ3) is 4.96. The molecule has 3 N–H and O–H groups in total. The Morgan fingerprint density at radius 2 is 1.76 bits per heavy atom. The second-order valence-corrected chi connectivity index (χ2v) is 4.66. The van der Waals surface area contributed by atoms with Gasteiger partial charge in [0.1, 0.15) is 24.9 Å². The van der Waals surface area contributed by atoms with E-state index >= 15 is 0 Å². The van der Waals surface area contributed by atoms with Gasteiger partial charge in [0, 0.05) is 20.8 Å². The van der Waals surface area contributed by atoms with E-state index in [1.54, 1.807) is 0 Å². The zero-order valence-electron chi connectivity index (χ0n) is 11.9. The number of hydrogen-bond donors (Lipinski definition) is 3. The second kappa shape index (κ2) is 7.34. The molecule has 21 heavy (non-hydrogen) atoms. The maximum absolute atomic E-state index is 11.1. The zero-order valence-corrected chi connectivity index (χ0v) is 11.9. The van der Waals surface area contributed by atoms with Gasteiger partial charge < -0.3 is 29.7 Å². The number of carbonyl (C=O) groups is 3. The number of ether oxygens (including phenoxy) is 3. The zero-order chi connectivity index (χ0) is 16.2. The number of rotatable bonds is 4. The Morgan fingerprint density at radius 1 is 1.14 bits per heavy atom. The summed E-state index contributed by atoms with van der Waals surface area (Å²) < 4.78 is 14.7. The van der Waals surface area contributed by atoms with Gasteiger partial charge in [-0.3, -0.25) is 14.4 Å². The van der Waals surface area contributed by atoms with Crippen molar-refractivity contribution < 1.29 is 38.8 Å². The Kier molecular flexibility index (Phi) is 6.06. The molecule has 1 aliphatic heterocycles. The number of esters is 2. The summed E-state index contributed by atoms with van der Waals surface area (Å²) in [6.07, 6.45) is -5.22. The van der Waals surface area contributed by atoms with Gasteiger partial charge in [0.25, 0.3) is 0 Å². The number of carbonyl (C=O) groups excluding carboxylic acids is 3. The molecule has 0 unspecified atom stereocenters. The second-order valence-electron chi connectivity index (χ2n) is 4.66. The van der Waals surface area contributed by atoms with E-state index in [1.807, 2.05) is 0 Å². The number of aliphatic hydroxyl groups is 2. The Bertz CT molecular complexity index is 412. The standard InChI is InChI=1S/C12H19NO8/c1-5(14)13-9-11(20-7(3)16)10(17)8(21-12(9)18)4-19-6(2)15/h8-12,17-18H,4H2,1-3H3,(H,13,14)/t8-,9+,10+,11+,12+/m0/s1. The molecule has 120 valence electrons. The fourth-order valence-electron chi connectivity index (χ4n) is 1.99. The summed E-state index contributed by atoms with van der Waals surface area (Å²) in [4.78, 5) is 33.0. The van der Waals surface area contributed by atoms with E-state index in [0.29, 0.717) is 0 Å². The van der Waals surface area contributed by atoms with Gasteiger partial charge >= 0.3 is 11.9 Å². The molecule has 0 saturated carbocycles. The molecule has 5 atom stereocenters. The minimum atomic E-state index is -1.53. The van der Waals surface area contributed by atoms with Crippen molar-refractivity contribution in [3.05, 3.63) is 0 Å². The van der Waals surface area contributed by atoms with Crippen molar-refractivity contribution in [1.29, 1.82) is 0 Å². The fraction of sp³-hybridized carbons (Fsp3) is 0.750. The predicted molar refractivity (Wildman–Crippen MR) is 66.7 cm³/mol. The summed E-state index contributed by atoms with van der Waals surface area (Å²) in [6.45, 7) is 3.18. The fourth-order valence-corrected chi connectivity index (χ4v) is 1.99. The summed E-state index contributed by atoms with van der Waals surface area (Å²) >= 11 is 0. The summed E-state index contributed by atoms with van der Waals surface area (Å²) in [7, 11) is 0. The molecule has 1 heterocycles. The molecule has 1 rings (SSSR count). The van der Waals surface area contributed by atoms with E-state index in [4.69, 9.17) is 14.2 Å². The first-order valence-corrected chi connectivity index (χ1v) is 6.31. The highest BCUT2D eigenvalue weighted by Gasteiger charge is 2.47. The van der Waals surface area contributed by atoms with Crippen LogP contribution in [0.5, 0.6) is 0 Å². The Morgan fingerprint density at radius 3 is 2.24 bits per heavy atom. The number of amides is 1. The molecule has 1 aliphatic rings. The topological polar surface area (TPSA) is 131 Å². The van der Waals surface area contributed by atoms with Crippen molar-refractivity contribution in [3.8, 4) is 0 Å². The Labute approximate surface area is 121 Å². The van der Waals surface area contributed by atoms with Gasteiger partial charge in [-0.1, -0.05) is 0 Å². The molecule has 0 aromatic heterocycles. The van der Waals surface area contributed by atoms with Crippen LogP contribution in [0.25, 0.3) is 0 Å². The largest absolute Gasteiger partial charge is 0.463 e. The molecule has 0 bridgehead atoms. The van der Waals surface area contributed by atoms with E-state index in [1.165, 1.54) is 13.8 Å². The number of hydrogen-bond acceptors (Lipinski definition) is 8. The number of nitrogens with one attached hydrogen (secondary N) is 1. The first-order valence-electron chi connectivity index (χ1n) is 6.31. The van der Waals surface area contributed by atoms with Crippen molar-refractivity contribution in [1.82, 2.24) is 5.32 Å². The van der Waals surface area contributed by atoms with Gasteiger partial charge in [0.15, 0.2) is 12.4 Å². The van der Waals surface area contributed by atoms with Crippen LogP contribution in [-0.4, -0.2) is 65.3 Å². The third-order valence-electron chi connectivity index (χ3n) is 2.82. The minimum absolute atomic E-state index is 0.321. The average Bonchev–Trinajstić information content (AvgIpc) is 2.35. The van der Waals surface area contributed by atoms with Crippen LogP contribution in [0, 0.1) is 0 Å². The molecule has 0 aliphatic carbocycles. The van der Waals surface area contributed by atoms with Crippen LogP contribution in [0.3, 0.4) is 0 Å². The molecule has 1 saturated heterocycles. The van der Waals surface area contributed by atoms with Crippen LogP contribution in [0.15, 0.2) is 0 Å². The summed E-state index contributed by atoms with van der Waals surface area (Å²) in [5.74, 6) is -1.78. The van der Waals surface area contributed by atoms with Crippen LogP contribution >= 0.6 is 0 Å². The van der Waals surface area contributed by atoms with E-state index in [9.17, 15) is 24.6 Å². The van der Waals surface area contributed by atoms with Crippen LogP contribution in [0.4, 0.5) is 0 Å². The maximum Gasteiger partial charge on any atom is 0.303 e. The quantitative estimate of drug-likeness (QED) is 0.511.